The Bertz CT molecular complexity index is 1370. The fourth-order valence-corrected chi connectivity index (χ4v) is 5.57. The van der Waals surface area contributed by atoms with Gasteiger partial charge in [-0.3, -0.25) is 4.79 Å². The largest absolute Gasteiger partial charge is 0.486 e. The highest BCUT2D eigenvalue weighted by atomic mass is 32.2. The van der Waals surface area contributed by atoms with Crippen LogP contribution in [0.5, 0.6) is 5.75 Å². The molecule has 6 nitrogen and oxygen atoms in total. The van der Waals surface area contributed by atoms with Gasteiger partial charge >= 0.3 is 12.1 Å². The van der Waals surface area contributed by atoms with Gasteiger partial charge in [-0.05, 0) is 58.9 Å². The number of sulfonamides is 1. The summed E-state index contributed by atoms with van der Waals surface area (Å²) in [6.07, 6.45) is -4.11. The third kappa shape index (κ3) is 5.88. The molecule has 0 heterocycles. The van der Waals surface area contributed by atoms with Crippen LogP contribution in [0.1, 0.15) is 47.1 Å². The average Bonchev–Trinajstić information content (AvgIpc) is 3.20. The lowest BCUT2D eigenvalue weighted by molar-refractivity contribution is -0.138. The molecule has 1 aliphatic carbocycles. The molecular weight excluding hydrogens is 495 g/mol. The van der Waals surface area contributed by atoms with Crippen LogP contribution in [0, 0.1) is 0 Å². The maximum Gasteiger partial charge on any atom is 0.417 e. The maximum absolute atomic E-state index is 13.6. The molecule has 0 amide bonds. The quantitative estimate of drug-likeness (QED) is 0.421. The Kier molecular flexibility index (Phi) is 7.10. The fourth-order valence-electron chi connectivity index (χ4n) is 4.70. The smallest absolute Gasteiger partial charge is 0.417 e. The number of carbonyl (C=O) groups is 1. The molecule has 10 heteroatoms. The van der Waals surface area contributed by atoms with Gasteiger partial charge in [0, 0.05) is 5.92 Å². The molecule has 0 spiro atoms. The summed E-state index contributed by atoms with van der Waals surface area (Å²) in [7, 11) is -3.88. The van der Waals surface area contributed by atoms with Crippen molar-refractivity contribution in [1.29, 1.82) is 0 Å². The fraction of sp³-hybridized carbons (Fsp3) is 0.269. The highest BCUT2D eigenvalue weighted by Crippen LogP contribution is 2.43. The highest BCUT2D eigenvalue weighted by molar-refractivity contribution is 7.89. The topological polar surface area (TPSA) is 107 Å². The van der Waals surface area contributed by atoms with E-state index < -0.39 is 45.8 Å². The molecule has 3 aromatic carbocycles. The molecule has 1 aliphatic rings. The Morgan fingerprint density at radius 1 is 1.03 bits per heavy atom. The summed E-state index contributed by atoms with van der Waals surface area (Å²) in [4.78, 5) is 11.2. The number of benzene rings is 3. The number of rotatable bonds is 8. The van der Waals surface area contributed by atoms with E-state index in [1.54, 1.807) is 42.5 Å². The molecule has 36 heavy (non-hydrogen) atoms. The van der Waals surface area contributed by atoms with Gasteiger partial charge in [-0.1, -0.05) is 48.5 Å². The first-order valence-corrected chi connectivity index (χ1v) is 12.9. The van der Waals surface area contributed by atoms with E-state index >= 15 is 0 Å². The molecule has 0 saturated carbocycles. The molecule has 3 aromatic rings. The van der Waals surface area contributed by atoms with Gasteiger partial charge in [0.05, 0.1) is 17.7 Å². The molecule has 0 aliphatic heterocycles. The van der Waals surface area contributed by atoms with Gasteiger partial charge in [0.15, 0.2) is 0 Å². The molecule has 4 rings (SSSR count). The Morgan fingerprint density at radius 2 is 1.69 bits per heavy atom. The van der Waals surface area contributed by atoms with Crippen molar-refractivity contribution in [2.24, 2.45) is 5.14 Å². The highest BCUT2D eigenvalue weighted by Gasteiger charge is 2.35. The number of ether oxygens (including phenoxy) is 1. The third-order valence-electron chi connectivity index (χ3n) is 6.22. The Morgan fingerprint density at radius 3 is 2.33 bits per heavy atom. The SMILES string of the molecule is NS(=O)(=O)CC(CC(=O)O)c1ccc(O[C@@H]2CCc3c(-c4ccccc4C(F)(F)F)cccc32)cc1. The lowest BCUT2D eigenvalue weighted by Crippen LogP contribution is -2.23. The lowest BCUT2D eigenvalue weighted by Gasteiger charge is -2.18. The molecule has 0 fully saturated rings. The molecule has 2 atom stereocenters. The number of halogens is 3. The van der Waals surface area contributed by atoms with Crippen LogP contribution in [-0.2, 0) is 27.4 Å². The molecule has 190 valence electrons. The summed E-state index contributed by atoms with van der Waals surface area (Å²) in [5.41, 5.74) is 2.09. The van der Waals surface area contributed by atoms with E-state index in [2.05, 4.69) is 0 Å². The second-order valence-electron chi connectivity index (χ2n) is 8.76. The van der Waals surface area contributed by atoms with Gasteiger partial charge in [-0.15, -0.1) is 0 Å². The maximum atomic E-state index is 13.6. The summed E-state index contributed by atoms with van der Waals surface area (Å²) in [6.45, 7) is 0. The van der Waals surface area contributed by atoms with Crippen molar-refractivity contribution in [3.63, 3.8) is 0 Å². The number of aliphatic carboxylic acids is 1. The summed E-state index contributed by atoms with van der Waals surface area (Å²) >= 11 is 0. The van der Waals surface area contributed by atoms with Crippen molar-refractivity contribution in [2.75, 3.05) is 5.75 Å². The van der Waals surface area contributed by atoms with E-state index in [9.17, 15) is 26.4 Å². The minimum atomic E-state index is -4.47. The number of nitrogens with two attached hydrogens (primary N) is 1. The number of fused-ring (bicyclic) bond motifs is 1. The van der Waals surface area contributed by atoms with Crippen LogP contribution in [0.15, 0.2) is 66.7 Å². The van der Waals surface area contributed by atoms with Gasteiger partial charge < -0.3 is 9.84 Å². The molecule has 3 N–H and O–H groups in total. The van der Waals surface area contributed by atoms with Crippen molar-refractivity contribution in [2.45, 2.75) is 37.5 Å². The first-order chi connectivity index (χ1) is 16.9. The monoisotopic (exact) mass is 519 g/mol. The number of carboxylic acid groups (broad SMARTS) is 1. The van der Waals surface area contributed by atoms with E-state index in [0.717, 1.165) is 17.2 Å². The van der Waals surface area contributed by atoms with Crippen molar-refractivity contribution >= 4 is 16.0 Å². The van der Waals surface area contributed by atoms with Gasteiger partial charge in [-0.25, -0.2) is 13.6 Å². The number of primary sulfonamides is 1. The predicted octanol–water partition coefficient (Wildman–Crippen LogP) is 5.29. The van der Waals surface area contributed by atoms with Crippen LogP contribution in [-0.4, -0.2) is 25.2 Å². The minimum absolute atomic E-state index is 0.131. The van der Waals surface area contributed by atoms with Crippen LogP contribution in [0.2, 0.25) is 0 Å². The number of carboxylic acids is 1. The van der Waals surface area contributed by atoms with Crippen molar-refractivity contribution < 1.29 is 36.2 Å². The molecule has 0 radical (unpaired) electrons. The standard InChI is InChI=1S/C26H24F3NO5S/c27-26(28,29)23-7-2-1-4-21(23)19-5-3-6-22-20(19)12-13-24(22)35-18-10-8-16(9-11-18)17(14-25(31)32)15-36(30,33)34/h1-11,17,24H,12-15H2,(H,31,32)(H2,30,33,34)/t17?,24-/m1/s1. The molecule has 0 aromatic heterocycles. The average molecular weight is 520 g/mol. The van der Waals surface area contributed by atoms with E-state index in [-0.39, 0.29) is 11.7 Å². The van der Waals surface area contributed by atoms with Crippen LogP contribution in [0.25, 0.3) is 11.1 Å². The molecule has 0 saturated heterocycles. The van der Waals surface area contributed by atoms with Gasteiger partial charge in [0.2, 0.25) is 10.0 Å². The van der Waals surface area contributed by atoms with Crippen LogP contribution in [0.4, 0.5) is 13.2 Å². The third-order valence-corrected chi connectivity index (χ3v) is 7.09. The number of alkyl halides is 3. The van der Waals surface area contributed by atoms with Gasteiger partial charge in [0.1, 0.15) is 11.9 Å². The molecule has 0 bridgehead atoms. The zero-order valence-electron chi connectivity index (χ0n) is 19.0. The summed E-state index contributed by atoms with van der Waals surface area (Å²) < 4.78 is 70.0. The zero-order chi connectivity index (χ0) is 26.1. The van der Waals surface area contributed by atoms with Crippen LogP contribution in [0.3, 0.4) is 0 Å². The van der Waals surface area contributed by atoms with Gasteiger partial charge in [-0.2, -0.15) is 13.2 Å². The van der Waals surface area contributed by atoms with E-state index in [1.807, 2.05) is 6.07 Å². The van der Waals surface area contributed by atoms with Crippen molar-refractivity contribution in [1.82, 2.24) is 0 Å². The molecule has 1 unspecified atom stereocenters. The normalized spacial score (nSPS) is 16.4. The Labute approximate surface area is 206 Å². The van der Waals surface area contributed by atoms with Gasteiger partial charge in [0.25, 0.3) is 0 Å². The lowest BCUT2D eigenvalue weighted by atomic mass is 9.93. The Balaban J connectivity index is 1.58. The Hall–Kier alpha value is -3.37. The zero-order valence-corrected chi connectivity index (χ0v) is 19.9. The van der Waals surface area contributed by atoms with E-state index in [4.69, 9.17) is 15.0 Å². The predicted molar refractivity (Wildman–Crippen MR) is 128 cm³/mol. The number of hydrogen-bond donors (Lipinski definition) is 2. The first kappa shape index (κ1) is 25.7. The second-order valence-corrected chi connectivity index (χ2v) is 10.4. The summed E-state index contributed by atoms with van der Waals surface area (Å²) in [5, 5.41) is 14.2. The summed E-state index contributed by atoms with van der Waals surface area (Å²) in [6, 6.07) is 17.2. The number of hydrogen-bond acceptors (Lipinski definition) is 4. The molecular formula is C26H24F3NO5S. The second kappa shape index (κ2) is 9.94. The van der Waals surface area contributed by atoms with Crippen LogP contribution >= 0.6 is 0 Å². The minimum Gasteiger partial charge on any atom is -0.486 e. The van der Waals surface area contributed by atoms with E-state index in [0.29, 0.717) is 29.7 Å². The van der Waals surface area contributed by atoms with Crippen molar-refractivity contribution in [3.05, 3.63) is 89.0 Å². The van der Waals surface area contributed by atoms with E-state index in [1.165, 1.54) is 12.1 Å². The summed E-state index contributed by atoms with van der Waals surface area (Å²) in [5.74, 6) is -1.98. The van der Waals surface area contributed by atoms with Crippen LogP contribution < -0.4 is 9.88 Å². The van der Waals surface area contributed by atoms with Crippen molar-refractivity contribution in [3.8, 4) is 16.9 Å². The first-order valence-electron chi connectivity index (χ1n) is 11.2.